The van der Waals surface area contributed by atoms with E-state index in [2.05, 4.69) is 30.3 Å². The number of hydrogen-bond acceptors (Lipinski definition) is 2. The molecule has 1 aliphatic rings. The van der Waals surface area contributed by atoms with Crippen LogP contribution in [0.25, 0.3) is 0 Å². The van der Waals surface area contributed by atoms with Crippen molar-refractivity contribution >= 4 is 5.78 Å². The van der Waals surface area contributed by atoms with Crippen LogP contribution in [0.2, 0.25) is 0 Å². The molecule has 1 aliphatic carbocycles. The SMILES string of the molecule is N#C[C@@H]1CC(c2ccccc2)(c2ccccc2)C=CC1=O. The number of allylic oxidation sites excluding steroid dienone is 2. The van der Waals surface area contributed by atoms with Gasteiger partial charge in [0.2, 0.25) is 0 Å². The first-order valence-corrected chi connectivity index (χ1v) is 7.00. The zero-order chi connectivity index (χ0) is 14.7. The molecule has 0 saturated heterocycles. The second kappa shape index (κ2) is 5.38. The molecule has 2 aromatic rings. The third-order valence-electron chi connectivity index (χ3n) is 4.14. The summed E-state index contributed by atoms with van der Waals surface area (Å²) in [5.74, 6) is -0.685. The van der Waals surface area contributed by atoms with E-state index in [9.17, 15) is 10.1 Å². The van der Waals surface area contributed by atoms with Crippen molar-refractivity contribution in [1.82, 2.24) is 0 Å². The average molecular weight is 273 g/mol. The van der Waals surface area contributed by atoms with Gasteiger partial charge in [-0.25, -0.2) is 0 Å². The van der Waals surface area contributed by atoms with E-state index in [0.29, 0.717) is 6.42 Å². The Kier molecular flexibility index (Phi) is 3.41. The van der Waals surface area contributed by atoms with Crippen molar-refractivity contribution in [3.63, 3.8) is 0 Å². The van der Waals surface area contributed by atoms with Gasteiger partial charge in [-0.05, 0) is 23.6 Å². The lowest BCUT2D eigenvalue weighted by Crippen LogP contribution is -2.34. The minimum Gasteiger partial charge on any atom is -0.293 e. The first-order valence-electron chi connectivity index (χ1n) is 7.00. The van der Waals surface area contributed by atoms with Gasteiger partial charge in [0.1, 0.15) is 5.92 Å². The molecular formula is C19H15NO. The summed E-state index contributed by atoms with van der Waals surface area (Å²) in [7, 11) is 0. The van der Waals surface area contributed by atoms with Gasteiger partial charge in [-0.2, -0.15) is 5.26 Å². The predicted octanol–water partition coefficient (Wildman–Crippen LogP) is 3.64. The van der Waals surface area contributed by atoms with Crippen molar-refractivity contribution in [2.75, 3.05) is 0 Å². The first-order chi connectivity index (χ1) is 10.3. The number of benzene rings is 2. The number of ketones is 1. The van der Waals surface area contributed by atoms with Crippen LogP contribution in [-0.4, -0.2) is 5.78 Å². The topological polar surface area (TPSA) is 40.9 Å². The molecule has 0 aliphatic heterocycles. The lowest BCUT2D eigenvalue weighted by molar-refractivity contribution is -0.117. The van der Waals surface area contributed by atoms with Crippen LogP contribution in [0.5, 0.6) is 0 Å². The molecule has 102 valence electrons. The molecule has 0 fully saturated rings. The van der Waals surface area contributed by atoms with Gasteiger partial charge < -0.3 is 0 Å². The van der Waals surface area contributed by atoms with Crippen LogP contribution >= 0.6 is 0 Å². The Morgan fingerprint density at radius 1 is 0.952 bits per heavy atom. The standard InChI is InChI=1S/C19H15NO/c20-14-15-13-19(12-11-18(15)21,16-7-3-1-4-8-16)17-9-5-2-6-10-17/h1-12,15H,13H2/t15-/m0/s1. The molecule has 0 radical (unpaired) electrons. The predicted molar refractivity (Wildman–Crippen MR) is 81.5 cm³/mol. The van der Waals surface area contributed by atoms with Gasteiger partial charge in [0.05, 0.1) is 6.07 Å². The summed E-state index contributed by atoms with van der Waals surface area (Å²) < 4.78 is 0. The summed E-state index contributed by atoms with van der Waals surface area (Å²) in [5, 5.41) is 9.28. The normalized spacial score (nSPS) is 20.0. The highest BCUT2D eigenvalue weighted by molar-refractivity contribution is 5.95. The van der Waals surface area contributed by atoms with E-state index in [4.69, 9.17) is 0 Å². The molecule has 0 N–H and O–H groups in total. The van der Waals surface area contributed by atoms with Crippen LogP contribution in [0, 0.1) is 17.2 Å². The fourth-order valence-electron chi connectivity index (χ4n) is 3.01. The molecule has 3 rings (SSSR count). The summed E-state index contributed by atoms with van der Waals surface area (Å²) in [4.78, 5) is 11.9. The maximum absolute atomic E-state index is 11.9. The van der Waals surface area contributed by atoms with Crippen LogP contribution in [0.15, 0.2) is 72.8 Å². The van der Waals surface area contributed by atoms with E-state index in [1.807, 2.05) is 42.5 Å². The monoisotopic (exact) mass is 273 g/mol. The smallest absolute Gasteiger partial charge is 0.172 e. The second-order valence-corrected chi connectivity index (χ2v) is 5.32. The van der Waals surface area contributed by atoms with Gasteiger partial charge in [-0.3, -0.25) is 4.79 Å². The number of carbonyl (C=O) groups is 1. The Balaban J connectivity index is 2.20. The van der Waals surface area contributed by atoms with Crippen molar-refractivity contribution in [1.29, 1.82) is 5.26 Å². The third kappa shape index (κ3) is 2.28. The summed E-state index contributed by atoms with van der Waals surface area (Å²) in [6.45, 7) is 0. The van der Waals surface area contributed by atoms with Crippen molar-refractivity contribution in [3.05, 3.63) is 83.9 Å². The van der Waals surface area contributed by atoms with E-state index in [1.165, 1.54) is 0 Å². The van der Waals surface area contributed by atoms with Gasteiger partial charge in [-0.1, -0.05) is 66.7 Å². The second-order valence-electron chi connectivity index (χ2n) is 5.32. The molecule has 2 aromatic carbocycles. The fourth-order valence-corrected chi connectivity index (χ4v) is 3.01. The Morgan fingerprint density at radius 2 is 1.48 bits per heavy atom. The van der Waals surface area contributed by atoms with E-state index in [1.54, 1.807) is 6.08 Å². The fraction of sp³-hybridized carbons (Fsp3) is 0.158. The number of hydrogen-bond donors (Lipinski definition) is 0. The van der Waals surface area contributed by atoms with Crippen LogP contribution < -0.4 is 0 Å². The molecule has 2 nitrogen and oxygen atoms in total. The highest BCUT2D eigenvalue weighted by atomic mass is 16.1. The largest absolute Gasteiger partial charge is 0.293 e. The summed E-state index contributed by atoms with van der Waals surface area (Å²) in [5.41, 5.74) is 1.82. The number of nitriles is 1. The summed E-state index contributed by atoms with van der Waals surface area (Å²) in [6, 6.07) is 22.3. The molecule has 0 unspecified atom stereocenters. The number of carbonyl (C=O) groups excluding carboxylic acids is 1. The molecule has 2 heteroatoms. The van der Waals surface area contributed by atoms with Gasteiger partial charge in [0.15, 0.2) is 5.78 Å². The van der Waals surface area contributed by atoms with Crippen molar-refractivity contribution < 1.29 is 4.79 Å². The zero-order valence-electron chi connectivity index (χ0n) is 11.6. The number of nitrogens with zero attached hydrogens (tertiary/aromatic N) is 1. The average Bonchev–Trinajstić information content (AvgIpc) is 2.57. The maximum Gasteiger partial charge on any atom is 0.172 e. The van der Waals surface area contributed by atoms with Gasteiger partial charge in [0.25, 0.3) is 0 Å². The van der Waals surface area contributed by atoms with E-state index >= 15 is 0 Å². The Labute approximate surface area is 124 Å². The van der Waals surface area contributed by atoms with Crippen LogP contribution in [0.1, 0.15) is 17.5 Å². The first kappa shape index (κ1) is 13.3. The minimum atomic E-state index is -0.588. The van der Waals surface area contributed by atoms with Crippen LogP contribution in [0.4, 0.5) is 0 Å². The molecule has 0 amide bonds. The number of rotatable bonds is 2. The molecule has 0 aromatic heterocycles. The van der Waals surface area contributed by atoms with Crippen molar-refractivity contribution in [3.8, 4) is 6.07 Å². The third-order valence-corrected chi connectivity index (χ3v) is 4.14. The summed E-state index contributed by atoms with van der Waals surface area (Å²) >= 11 is 0. The van der Waals surface area contributed by atoms with Crippen molar-refractivity contribution in [2.45, 2.75) is 11.8 Å². The zero-order valence-corrected chi connectivity index (χ0v) is 11.6. The quantitative estimate of drug-likeness (QED) is 0.838. The van der Waals surface area contributed by atoms with E-state index < -0.39 is 11.3 Å². The highest BCUT2D eigenvalue weighted by Crippen LogP contribution is 2.42. The van der Waals surface area contributed by atoms with Crippen LogP contribution in [-0.2, 0) is 10.2 Å². The Morgan fingerprint density at radius 3 is 1.95 bits per heavy atom. The molecule has 0 heterocycles. The molecule has 1 atom stereocenters. The highest BCUT2D eigenvalue weighted by Gasteiger charge is 2.39. The lowest BCUT2D eigenvalue weighted by Gasteiger charge is -2.35. The Bertz CT molecular complexity index is 671. The molecule has 0 bridgehead atoms. The minimum absolute atomic E-state index is 0.0972. The van der Waals surface area contributed by atoms with Gasteiger partial charge in [-0.15, -0.1) is 0 Å². The molecule has 21 heavy (non-hydrogen) atoms. The van der Waals surface area contributed by atoms with Gasteiger partial charge >= 0.3 is 0 Å². The molecular weight excluding hydrogens is 258 g/mol. The Hall–Kier alpha value is -2.66. The summed E-state index contributed by atoms with van der Waals surface area (Å²) in [6.07, 6.45) is 4.01. The van der Waals surface area contributed by atoms with Crippen molar-refractivity contribution in [2.24, 2.45) is 5.92 Å². The lowest BCUT2D eigenvalue weighted by atomic mass is 9.66. The molecule has 0 spiro atoms. The van der Waals surface area contributed by atoms with E-state index in [0.717, 1.165) is 11.1 Å². The molecule has 0 saturated carbocycles. The van der Waals surface area contributed by atoms with Gasteiger partial charge in [0, 0.05) is 5.41 Å². The maximum atomic E-state index is 11.9. The van der Waals surface area contributed by atoms with E-state index in [-0.39, 0.29) is 5.78 Å². The van der Waals surface area contributed by atoms with Crippen LogP contribution in [0.3, 0.4) is 0 Å².